The Bertz CT molecular complexity index is 382. The standard InChI is InChI=1S/C12H14N2/c1-2-4-11-9-14-6-5-13-8-12(14)7-10(11)3-1/h1-4,7,13H,5-6,8-9H2. The first kappa shape index (κ1) is 8.06. The van der Waals surface area contributed by atoms with E-state index in [0.29, 0.717) is 0 Å². The molecular formula is C12H14N2. The van der Waals surface area contributed by atoms with Crippen molar-refractivity contribution >= 4 is 6.08 Å². The first-order valence-electron chi connectivity index (χ1n) is 5.17. The topological polar surface area (TPSA) is 15.3 Å². The minimum Gasteiger partial charge on any atom is -0.368 e. The van der Waals surface area contributed by atoms with Crippen LogP contribution in [0.2, 0.25) is 0 Å². The largest absolute Gasteiger partial charge is 0.368 e. The summed E-state index contributed by atoms with van der Waals surface area (Å²) in [5.41, 5.74) is 4.29. The molecule has 0 atom stereocenters. The molecule has 2 nitrogen and oxygen atoms in total. The lowest BCUT2D eigenvalue weighted by atomic mass is 10.0. The third-order valence-electron chi connectivity index (χ3n) is 3.01. The SMILES string of the molecule is C1=C2CNCCN2Cc2ccccc21. The Hall–Kier alpha value is -1.28. The number of rotatable bonds is 0. The number of nitrogens with one attached hydrogen (secondary N) is 1. The average molecular weight is 186 g/mol. The van der Waals surface area contributed by atoms with Gasteiger partial charge >= 0.3 is 0 Å². The molecule has 3 rings (SSSR count). The highest BCUT2D eigenvalue weighted by atomic mass is 15.2. The summed E-state index contributed by atoms with van der Waals surface area (Å²) in [6.45, 7) is 4.36. The first-order valence-corrected chi connectivity index (χ1v) is 5.17. The lowest BCUT2D eigenvalue weighted by molar-refractivity contribution is 0.293. The van der Waals surface area contributed by atoms with Crippen LogP contribution in [0.4, 0.5) is 0 Å². The fraction of sp³-hybridized carbons (Fsp3) is 0.333. The van der Waals surface area contributed by atoms with Gasteiger partial charge in [0, 0.05) is 31.9 Å². The fourth-order valence-corrected chi connectivity index (χ4v) is 2.21. The molecule has 1 saturated heterocycles. The predicted molar refractivity (Wildman–Crippen MR) is 57.7 cm³/mol. The van der Waals surface area contributed by atoms with E-state index in [1.807, 2.05) is 0 Å². The molecule has 2 aliphatic rings. The van der Waals surface area contributed by atoms with E-state index in [1.54, 1.807) is 0 Å². The van der Waals surface area contributed by atoms with Crippen LogP contribution in [0.3, 0.4) is 0 Å². The van der Waals surface area contributed by atoms with Crippen LogP contribution in [0.25, 0.3) is 6.08 Å². The minimum absolute atomic E-state index is 1.02. The lowest BCUT2D eigenvalue weighted by Gasteiger charge is -2.35. The molecule has 72 valence electrons. The van der Waals surface area contributed by atoms with E-state index in [2.05, 4.69) is 40.6 Å². The highest BCUT2D eigenvalue weighted by Gasteiger charge is 2.19. The normalized spacial score (nSPS) is 19.7. The first-order chi connectivity index (χ1) is 6.93. The third-order valence-corrected chi connectivity index (χ3v) is 3.01. The summed E-state index contributed by atoms with van der Waals surface area (Å²) in [4.78, 5) is 2.47. The minimum atomic E-state index is 1.02. The van der Waals surface area contributed by atoms with Crippen LogP contribution in [0.5, 0.6) is 0 Å². The van der Waals surface area contributed by atoms with E-state index in [4.69, 9.17) is 0 Å². The molecule has 2 heteroatoms. The average Bonchev–Trinajstić information content (AvgIpc) is 2.26. The van der Waals surface area contributed by atoms with Gasteiger partial charge in [0.2, 0.25) is 0 Å². The molecular weight excluding hydrogens is 172 g/mol. The van der Waals surface area contributed by atoms with Crippen molar-refractivity contribution in [1.82, 2.24) is 10.2 Å². The zero-order valence-corrected chi connectivity index (χ0v) is 8.16. The Kier molecular flexibility index (Phi) is 1.81. The number of fused-ring (bicyclic) bond motifs is 2. The van der Waals surface area contributed by atoms with Crippen LogP contribution < -0.4 is 5.32 Å². The van der Waals surface area contributed by atoms with E-state index in [9.17, 15) is 0 Å². The molecule has 2 aliphatic heterocycles. The molecule has 0 spiro atoms. The summed E-state index contributed by atoms with van der Waals surface area (Å²) >= 11 is 0. The molecule has 1 aromatic rings. The zero-order chi connectivity index (χ0) is 9.38. The van der Waals surface area contributed by atoms with E-state index in [-0.39, 0.29) is 0 Å². The Labute approximate surface area is 84.2 Å². The highest BCUT2D eigenvalue weighted by Crippen LogP contribution is 2.24. The summed E-state index contributed by atoms with van der Waals surface area (Å²) in [6, 6.07) is 8.67. The molecule has 1 N–H and O–H groups in total. The quantitative estimate of drug-likeness (QED) is 0.659. The second kappa shape index (κ2) is 3.14. The van der Waals surface area contributed by atoms with Gasteiger partial charge in [0.15, 0.2) is 0 Å². The van der Waals surface area contributed by atoms with Crippen molar-refractivity contribution in [2.24, 2.45) is 0 Å². The molecule has 0 unspecified atom stereocenters. The van der Waals surface area contributed by atoms with Gasteiger partial charge in [-0.3, -0.25) is 0 Å². The van der Waals surface area contributed by atoms with Gasteiger partial charge in [0.1, 0.15) is 0 Å². The molecule has 0 aliphatic carbocycles. The Morgan fingerprint density at radius 1 is 1.21 bits per heavy atom. The number of hydrogen-bond acceptors (Lipinski definition) is 2. The molecule has 2 heterocycles. The maximum Gasteiger partial charge on any atom is 0.0433 e. The van der Waals surface area contributed by atoms with Crippen LogP contribution in [-0.2, 0) is 6.54 Å². The summed E-state index contributed by atoms with van der Waals surface area (Å²) in [6.07, 6.45) is 2.31. The summed E-state index contributed by atoms with van der Waals surface area (Å²) in [5, 5.41) is 3.40. The van der Waals surface area contributed by atoms with Crippen molar-refractivity contribution in [3.8, 4) is 0 Å². The van der Waals surface area contributed by atoms with Crippen molar-refractivity contribution in [3.05, 3.63) is 41.1 Å². The summed E-state index contributed by atoms with van der Waals surface area (Å²) in [5.74, 6) is 0. The van der Waals surface area contributed by atoms with Crippen LogP contribution in [-0.4, -0.2) is 24.5 Å². The fourth-order valence-electron chi connectivity index (χ4n) is 2.21. The second-order valence-corrected chi connectivity index (χ2v) is 3.93. The number of nitrogens with zero attached hydrogens (tertiary/aromatic N) is 1. The Morgan fingerprint density at radius 2 is 2.14 bits per heavy atom. The molecule has 0 bridgehead atoms. The van der Waals surface area contributed by atoms with Gasteiger partial charge in [0.05, 0.1) is 0 Å². The maximum atomic E-state index is 3.40. The van der Waals surface area contributed by atoms with Crippen LogP contribution in [0.15, 0.2) is 30.0 Å². The third kappa shape index (κ3) is 1.23. The summed E-state index contributed by atoms with van der Waals surface area (Å²) < 4.78 is 0. The Morgan fingerprint density at radius 3 is 3.14 bits per heavy atom. The monoisotopic (exact) mass is 186 g/mol. The molecule has 0 amide bonds. The van der Waals surface area contributed by atoms with Crippen LogP contribution in [0.1, 0.15) is 11.1 Å². The van der Waals surface area contributed by atoms with Gasteiger partial charge in [-0.05, 0) is 17.2 Å². The molecule has 0 aromatic heterocycles. The van der Waals surface area contributed by atoms with Gasteiger partial charge in [-0.2, -0.15) is 0 Å². The molecule has 1 fully saturated rings. The van der Waals surface area contributed by atoms with Crippen LogP contribution in [0, 0.1) is 0 Å². The van der Waals surface area contributed by atoms with Gasteiger partial charge in [-0.15, -0.1) is 0 Å². The van der Waals surface area contributed by atoms with Crippen molar-refractivity contribution < 1.29 is 0 Å². The number of benzene rings is 1. The highest BCUT2D eigenvalue weighted by molar-refractivity contribution is 5.59. The number of piperazine rings is 1. The second-order valence-electron chi connectivity index (χ2n) is 3.93. The van der Waals surface area contributed by atoms with Gasteiger partial charge in [-0.25, -0.2) is 0 Å². The van der Waals surface area contributed by atoms with Gasteiger partial charge in [-0.1, -0.05) is 24.3 Å². The summed E-state index contributed by atoms with van der Waals surface area (Å²) in [7, 11) is 0. The predicted octanol–water partition coefficient (Wildman–Crippen LogP) is 1.45. The van der Waals surface area contributed by atoms with E-state index >= 15 is 0 Å². The lowest BCUT2D eigenvalue weighted by Crippen LogP contribution is -2.42. The Balaban J connectivity index is 2.03. The zero-order valence-electron chi connectivity index (χ0n) is 8.16. The van der Waals surface area contributed by atoms with Crippen molar-refractivity contribution in [1.29, 1.82) is 0 Å². The molecule has 0 saturated carbocycles. The van der Waals surface area contributed by atoms with Crippen molar-refractivity contribution in [3.63, 3.8) is 0 Å². The van der Waals surface area contributed by atoms with E-state index in [0.717, 1.165) is 26.2 Å². The van der Waals surface area contributed by atoms with Gasteiger partial charge < -0.3 is 10.2 Å². The smallest absolute Gasteiger partial charge is 0.0433 e. The van der Waals surface area contributed by atoms with E-state index in [1.165, 1.54) is 16.8 Å². The molecule has 14 heavy (non-hydrogen) atoms. The maximum absolute atomic E-state index is 3.40. The van der Waals surface area contributed by atoms with E-state index < -0.39 is 0 Å². The molecule has 0 radical (unpaired) electrons. The van der Waals surface area contributed by atoms with Crippen molar-refractivity contribution in [2.75, 3.05) is 19.6 Å². The van der Waals surface area contributed by atoms with Gasteiger partial charge in [0.25, 0.3) is 0 Å². The van der Waals surface area contributed by atoms with Crippen LogP contribution >= 0.6 is 0 Å². The molecule has 1 aromatic carbocycles. The number of hydrogen-bond donors (Lipinski definition) is 1. The van der Waals surface area contributed by atoms with Crippen molar-refractivity contribution in [2.45, 2.75) is 6.54 Å².